The van der Waals surface area contributed by atoms with Crippen molar-refractivity contribution in [3.63, 3.8) is 0 Å². The normalized spacial score (nSPS) is 31.9. The fraction of sp³-hybridized carbons (Fsp3) is 0.457. The zero-order chi connectivity index (χ0) is 44.9. The molecule has 328 valence electrons. The summed E-state index contributed by atoms with van der Waals surface area (Å²) in [7, 11) is 0. The molecule has 7 rings (SSSR count). The van der Waals surface area contributed by atoms with Gasteiger partial charge in [-0.1, -0.05) is 62.4 Å². The molecule has 1 aliphatic heterocycles. The van der Waals surface area contributed by atoms with Crippen LogP contribution in [0.1, 0.15) is 86.7 Å². The van der Waals surface area contributed by atoms with Crippen LogP contribution in [0.4, 0.5) is 0 Å². The van der Waals surface area contributed by atoms with E-state index in [4.69, 9.17) is 23.7 Å². The van der Waals surface area contributed by atoms with Crippen LogP contribution < -0.4 is 5.32 Å². The Morgan fingerprint density at radius 1 is 0.871 bits per heavy atom. The lowest BCUT2D eigenvalue weighted by atomic mass is 9.44. The number of ether oxygens (including phenoxy) is 5. The Kier molecular flexibility index (Phi) is 11.8. The molecule has 3 aliphatic carbocycles. The number of Topliss-reactive ketones (excluding diaryl/α,β-unsaturated/α-hetero) is 1. The highest BCUT2D eigenvalue weighted by molar-refractivity contribution is 5.96. The molecule has 0 radical (unpaired) electrons. The SMILES string of the molecule is CC(=O)O[C@H]1C(=O)[C@@]2(C)[C@H]([C@H](OC(=O)c3ccccc3)[C@]3(O)C[C@H](OC(=O)[C@H](O)[C@@H](NC(=O)c4ccncc4)c4ccccc4)C(C)=C1C3(C)C)[C@]1(OC(C)=O)CO[C@@H]1C[C@@H]2O. The van der Waals surface area contributed by atoms with Crippen molar-refractivity contribution in [2.24, 2.45) is 16.7 Å². The molecule has 2 bridgehead atoms. The zero-order valence-electron chi connectivity index (χ0n) is 35.1. The lowest BCUT2D eigenvalue weighted by Crippen LogP contribution is -2.82. The molecule has 11 atom stereocenters. The van der Waals surface area contributed by atoms with E-state index in [1.165, 1.54) is 50.5 Å². The van der Waals surface area contributed by atoms with Crippen LogP contribution in [0.25, 0.3) is 0 Å². The third-order valence-corrected chi connectivity index (χ3v) is 13.4. The van der Waals surface area contributed by atoms with Crippen molar-refractivity contribution >= 4 is 35.6 Å². The highest BCUT2D eigenvalue weighted by Crippen LogP contribution is 2.64. The molecule has 1 aromatic heterocycles. The van der Waals surface area contributed by atoms with E-state index in [-0.39, 0.29) is 35.3 Å². The number of carbonyl (C=O) groups is 6. The van der Waals surface area contributed by atoms with E-state index >= 15 is 4.79 Å². The first kappa shape index (κ1) is 44.3. The van der Waals surface area contributed by atoms with Crippen molar-refractivity contribution in [3.8, 4) is 0 Å². The maximum atomic E-state index is 15.5. The van der Waals surface area contributed by atoms with Gasteiger partial charge in [0.05, 0.1) is 35.6 Å². The highest BCUT2D eigenvalue weighted by atomic mass is 16.6. The largest absolute Gasteiger partial charge is 0.456 e. The van der Waals surface area contributed by atoms with Gasteiger partial charge in [-0.15, -0.1) is 0 Å². The highest BCUT2D eigenvalue weighted by Gasteiger charge is 2.78. The molecule has 16 heteroatoms. The second kappa shape index (κ2) is 16.5. The van der Waals surface area contributed by atoms with Crippen LogP contribution in [-0.4, -0.2) is 110 Å². The number of nitrogens with zero attached hydrogens (tertiary/aromatic N) is 1. The van der Waals surface area contributed by atoms with Gasteiger partial charge in [-0.2, -0.15) is 0 Å². The Morgan fingerprint density at radius 3 is 2.08 bits per heavy atom. The molecule has 0 unspecified atom stereocenters. The summed E-state index contributed by atoms with van der Waals surface area (Å²) in [6.45, 7) is 7.95. The van der Waals surface area contributed by atoms with Crippen LogP contribution in [0, 0.1) is 16.7 Å². The standard InChI is InChI=1S/C46H50N2O14/c1-24-30(60-42(56)35(52)34(27-13-9-7-10-14-27)48-40(54)28-17-19-47-20-18-28)22-46(57)39(61-41(55)29-15-11-8-12-16-29)37-44(6,31(51)21-32-45(37,23-58-32)62-26(3)50)38(53)36(59-25(2)49)33(24)43(46,4)5/h7-20,30-32,34-37,39,51-52,57H,21-23H2,1-6H3,(H,48,54)/t30-,31-,32+,34-,35+,36+,37-,39-,44+,45-,46+/m0/s1. The molecule has 3 fully saturated rings. The predicted molar refractivity (Wildman–Crippen MR) is 215 cm³/mol. The minimum atomic E-state index is -2.40. The number of hydrogen-bond acceptors (Lipinski definition) is 15. The molecule has 0 spiro atoms. The van der Waals surface area contributed by atoms with Crippen LogP contribution >= 0.6 is 0 Å². The fourth-order valence-corrected chi connectivity index (χ4v) is 10.1. The van der Waals surface area contributed by atoms with E-state index < -0.39 is 113 Å². The number of esters is 4. The number of fused-ring (bicyclic) bond motifs is 5. The third kappa shape index (κ3) is 7.27. The topological polar surface area (TPSA) is 234 Å². The Hall–Kier alpha value is -5.81. The van der Waals surface area contributed by atoms with Gasteiger partial charge < -0.3 is 44.3 Å². The van der Waals surface area contributed by atoms with Crippen LogP contribution in [0.15, 0.2) is 96.3 Å². The average molecular weight is 855 g/mol. The summed E-state index contributed by atoms with van der Waals surface area (Å²) in [5.74, 6) is -6.91. The molecule has 4 aliphatic rings. The number of aromatic nitrogens is 1. The van der Waals surface area contributed by atoms with Gasteiger partial charge in [0.25, 0.3) is 5.91 Å². The van der Waals surface area contributed by atoms with E-state index in [9.17, 15) is 39.3 Å². The minimum absolute atomic E-state index is 0.00880. The number of aliphatic hydroxyl groups excluding tert-OH is 2. The van der Waals surface area contributed by atoms with Crippen molar-refractivity contribution < 1.29 is 67.8 Å². The van der Waals surface area contributed by atoms with Crippen LogP contribution in [0.3, 0.4) is 0 Å². The maximum absolute atomic E-state index is 15.5. The summed E-state index contributed by atoms with van der Waals surface area (Å²) < 4.78 is 30.2. The summed E-state index contributed by atoms with van der Waals surface area (Å²) in [6.07, 6.45) is -7.75. The van der Waals surface area contributed by atoms with Crippen molar-refractivity contribution in [3.05, 3.63) is 113 Å². The molecule has 1 saturated heterocycles. The number of ketones is 1. The van der Waals surface area contributed by atoms with Gasteiger partial charge in [-0.25, -0.2) is 9.59 Å². The van der Waals surface area contributed by atoms with E-state index in [1.807, 2.05) is 0 Å². The molecular formula is C46H50N2O14. The monoisotopic (exact) mass is 854 g/mol. The van der Waals surface area contributed by atoms with Crippen LogP contribution in [0.5, 0.6) is 0 Å². The molecule has 2 saturated carbocycles. The average Bonchev–Trinajstić information content (AvgIpc) is 3.24. The molecule has 16 nitrogen and oxygen atoms in total. The number of amides is 1. The van der Waals surface area contributed by atoms with Crippen LogP contribution in [0.2, 0.25) is 0 Å². The van der Waals surface area contributed by atoms with E-state index in [1.54, 1.807) is 62.4 Å². The van der Waals surface area contributed by atoms with Gasteiger partial charge in [0, 0.05) is 50.1 Å². The third-order valence-electron chi connectivity index (χ3n) is 13.4. The lowest BCUT2D eigenvalue weighted by Gasteiger charge is -2.67. The quantitative estimate of drug-likeness (QED) is 0.130. The number of aliphatic hydroxyl groups is 3. The Morgan fingerprint density at radius 2 is 1.50 bits per heavy atom. The number of nitrogens with one attached hydrogen (secondary N) is 1. The van der Waals surface area contributed by atoms with Crippen molar-refractivity contribution in [1.82, 2.24) is 10.3 Å². The van der Waals surface area contributed by atoms with Crippen molar-refractivity contribution in [2.45, 2.75) is 108 Å². The molecular weight excluding hydrogens is 805 g/mol. The van der Waals surface area contributed by atoms with E-state index in [0.29, 0.717) is 5.56 Å². The molecule has 3 aromatic rings. The second-order valence-corrected chi connectivity index (χ2v) is 17.2. The first-order valence-electron chi connectivity index (χ1n) is 20.3. The fourth-order valence-electron chi connectivity index (χ4n) is 10.1. The number of carbonyl (C=O) groups excluding carboxylic acids is 6. The van der Waals surface area contributed by atoms with Gasteiger partial charge >= 0.3 is 23.9 Å². The Labute approximate surface area is 357 Å². The van der Waals surface area contributed by atoms with Gasteiger partial charge in [-0.3, -0.25) is 24.2 Å². The molecule has 2 heterocycles. The van der Waals surface area contributed by atoms with Crippen LogP contribution in [-0.2, 0) is 42.9 Å². The summed E-state index contributed by atoms with van der Waals surface area (Å²) in [5.41, 5.74) is -7.13. The number of hydrogen-bond donors (Lipinski definition) is 4. The van der Waals surface area contributed by atoms with Gasteiger partial charge in [0.1, 0.15) is 23.9 Å². The minimum Gasteiger partial charge on any atom is -0.456 e. The number of rotatable bonds is 10. The Bertz CT molecular complexity index is 2290. The first-order valence-corrected chi connectivity index (χ1v) is 20.3. The molecule has 1 amide bonds. The number of benzene rings is 2. The van der Waals surface area contributed by atoms with Gasteiger partial charge in [0.15, 0.2) is 23.6 Å². The molecule has 4 N–H and O–H groups in total. The Balaban J connectivity index is 1.39. The van der Waals surface area contributed by atoms with E-state index in [0.717, 1.165) is 13.8 Å². The lowest BCUT2D eigenvalue weighted by molar-refractivity contribution is -0.346. The smallest absolute Gasteiger partial charge is 0.338 e. The molecule has 2 aromatic carbocycles. The predicted octanol–water partition coefficient (Wildman–Crippen LogP) is 3.13. The van der Waals surface area contributed by atoms with Gasteiger partial charge in [-0.05, 0) is 54.8 Å². The van der Waals surface area contributed by atoms with Crippen molar-refractivity contribution in [1.29, 1.82) is 0 Å². The maximum Gasteiger partial charge on any atom is 0.338 e. The second-order valence-electron chi connectivity index (χ2n) is 17.2. The zero-order valence-corrected chi connectivity index (χ0v) is 35.1. The summed E-state index contributed by atoms with van der Waals surface area (Å²) in [4.78, 5) is 87.3. The summed E-state index contributed by atoms with van der Waals surface area (Å²) >= 11 is 0. The summed E-state index contributed by atoms with van der Waals surface area (Å²) in [6, 6.07) is 17.6. The summed E-state index contributed by atoms with van der Waals surface area (Å²) in [5, 5.41) is 40.2. The molecule has 62 heavy (non-hydrogen) atoms. The van der Waals surface area contributed by atoms with Crippen molar-refractivity contribution in [2.75, 3.05) is 6.61 Å². The van der Waals surface area contributed by atoms with Gasteiger partial charge in [0.2, 0.25) is 0 Å². The van der Waals surface area contributed by atoms with E-state index in [2.05, 4.69) is 10.3 Å². The first-order chi connectivity index (χ1) is 29.3. The number of pyridine rings is 1.